The highest BCUT2D eigenvalue weighted by Gasteiger charge is 2.19. The summed E-state index contributed by atoms with van der Waals surface area (Å²) in [6.45, 7) is 3.49. The number of aryl methyl sites for hydroxylation is 1. The van der Waals surface area contributed by atoms with Crippen LogP contribution in [0.25, 0.3) is 0 Å². The fraction of sp³-hybridized carbons (Fsp3) is 0.286. The molecular formula is C21H23NO5. The van der Waals surface area contributed by atoms with Crippen molar-refractivity contribution in [2.24, 2.45) is 0 Å². The molecule has 0 saturated heterocycles. The molecule has 1 amide bonds. The van der Waals surface area contributed by atoms with Crippen LogP contribution in [0.2, 0.25) is 0 Å². The van der Waals surface area contributed by atoms with Gasteiger partial charge in [0.05, 0.1) is 24.3 Å². The number of carbonyl (C=O) groups excluding carboxylic acids is 3. The molecule has 1 unspecified atom stereocenters. The van der Waals surface area contributed by atoms with E-state index in [2.05, 4.69) is 17.0 Å². The zero-order chi connectivity index (χ0) is 19.8. The molecule has 0 fully saturated rings. The molecule has 0 radical (unpaired) electrons. The standard InChI is InChI=1S/C21H23NO5/c1-4-15-9-11-16(12-10-15)14(2)22-19(23)13-27-21(25)18-8-6-5-7-17(18)20(24)26-3/h5-12,14H,4,13H2,1-3H3,(H,22,23). The Bertz CT molecular complexity index is 814. The Labute approximate surface area is 158 Å². The molecular weight excluding hydrogens is 346 g/mol. The molecule has 142 valence electrons. The van der Waals surface area contributed by atoms with Crippen LogP contribution in [0.4, 0.5) is 0 Å². The van der Waals surface area contributed by atoms with Crippen molar-refractivity contribution in [3.8, 4) is 0 Å². The Morgan fingerprint density at radius 3 is 2.11 bits per heavy atom. The summed E-state index contributed by atoms with van der Waals surface area (Å²) in [7, 11) is 1.23. The molecule has 0 aliphatic heterocycles. The van der Waals surface area contributed by atoms with E-state index in [1.165, 1.54) is 24.8 Å². The van der Waals surface area contributed by atoms with Crippen molar-refractivity contribution in [2.45, 2.75) is 26.3 Å². The quantitative estimate of drug-likeness (QED) is 0.759. The van der Waals surface area contributed by atoms with E-state index in [4.69, 9.17) is 4.74 Å². The molecule has 0 aliphatic carbocycles. The summed E-state index contributed by atoms with van der Waals surface area (Å²) in [5.41, 5.74) is 2.33. The SMILES string of the molecule is CCc1ccc(C(C)NC(=O)COC(=O)c2ccccc2C(=O)OC)cc1. The predicted molar refractivity (Wildman–Crippen MR) is 100 cm³/mol. The number of carbonyl (C=O) groups is 3. The van der Waals surface area contributed by atoms with Gasteiger partial charge in [0.2, 0.25) is 0 Å². The Morgan fingerprint density at radius 1 is 0.963 bits per heavy atom. The first-order valence-electron chi connectivity index (χ1n) is 8.69. The lowest BCUT2D eigenvalue weighted by atomic mass is 10.1. The highest BCUT2D eigenvalue weighted by atomic mass is 16.5. The van der Waals surface area contributed by atoms with Gasteiger partial charge in [-0.25, -0.2) is 9.59 Å². The average Bonchev–Trinajstić information content (AvgIpc) is 2.71. The second-order valence-electron chi connectivity index (χ2n) is 6.00. The molecule has 6 nitrogen and oxygen atoms in total. The van der Waals surface area contributed by atoms with Gasteiger partial charge in [-0.15, -0.1) is 0 Å². The Kier molecular flexibility index (Phi) is 7.11. The smallest absolute Gasteiger partial charge is 0.339 e. The highest BCUT2D eigenvalue weighted by Crippen LogP contribution is 2.14. The van der Waals surface area contributed by atoms with Crippen LogP contribution in [-0.2, 0) is 20.7 Å². The van der Waals surface area contributed by atoms with E-state index in [1.54, 1.807) is 12.1 Å². The number of benzene rings is 2. The molecule has 2 aromatic carbocycles. The number of ether oxygens (including phenoxy) is 2. The van der Waals surface area contributed by atoms with Crippen molar-refractivity contribution in [3.05, 3.63) is 70.8 Å². The van der Waals surface area contributed by atoms with Crippen LogP contribution in [-0.4, -0.2) is 31.6 Å². The molecule has 0 aliphatic rings. The van der Waals surface area contributed by atoms with E-state index in [0.29, 0.717) is 0 Å². The summed E-state index contributed by atoms with van der Waals surface area (Å²) >= 11 is 0. The fourth-order valence-electron chi connectivity index (χ4n) is 2.57. The van der Waals surface area contributed by atoms with Crippen molar-refractivity contribution < 1.29 is 23.9 Å². The largest absolute Gasteiger partial charge is 0.465 e. The van der Waals surface area contributed by atoms with Crippen molar-refractivity contribution >= 4 is 17.8 Å². The lowest BCUT2D eigenvalue weighted by molar-refractivity contribution is -0.124. The van der Waals surface area contributed by atoms with Gasteiger partial charge < -0.3 is 14.8 Å². The van der Waals surface area contributed by atoms with Crippen molar-refractivity contribution in [1.29, 1.82) is 0 Å². The van der Waals surface area contributed by atoms with E-state index in [1.807, 2.05) is 31.2 Å². The molecule has 0 aromatic heterocycles. The van der Waals surface area contributed by atoms with Gasteiger partial charge >= 0.3 is 11.9 Å². The van der Waals surface area contributed by atoms with Gasteiger partial charge in [-0.3, -0.25) is 4.79 Å². The maximum absolute atomic E-state index is 12.2. The Hall–Kier alpha value is -3.15. The molecule has 27 heavy (non-hydrogen) atoms. The molecule has 2 aromatic rings. The minimum Gasteiger partial charge on any atom is -0.465 e. The zero-order valence-electron chi connectivity index (χ0n) is 15.7. The molecule has 1 atom stereocenters. The summed E-state index contributed by atoms with van der Waals surface area (Å²) in [5, 5.41) is 2.78. The monoisotopic (exact) mass is 369 g/mol. The third-order valence-electron chi connectivity index (χ3n) is 4.15. The van der Waals surface area contributed by atoms with Gasteiger partial charge in [-0.1, -0.05) is 43.3 Å². The number of rotatable bonds is 7. The molecule has 0 saturated carbocycles. The van der Waals surface area contributed by atoms with Crippen LogP contribution >= 0.6 is 0 Å². The topological polar surface area (TPSA) is 81.7 Å². The molecule has 6 heteroatoms. The number of esters is 2. The first-order valence-corrected chi connectivity index (χ1v) is 8.69. The maximum atomic E-state index is 12.2. The van der Waals surface area contributed by atoms with Crippen LogP contribution in [0.3, 0.4) is 0 Å². The average molecular weight is 369 g/mol. The predicted octanol–water partition coefficient (Wildman–Crippen LogP) is 3.07. The minimum atomic E-state index is -0.758. The van der Waals surface area contributed by atoms with E-state index < -0.39 is 24.5 Å². The van der Waals surface area contributed by atoms with E-state index >= 15 is 0 Å². The van der Waals surface area contributed by atoms with E-state index in [0.717, 1.165) is 12.0 Å². The summed E-state index contributed by atoms with van der Waals surface area (Å²) in [6, 6.07) is 13.9. The maximum Gasteiger partial charge on any atom is 0.339 e. The van der Waals surface area contributed by atoms with Crippen LogP contribution in [0.5, 0.6) is 0 Å². The van der Waals surface area contributed by atoms with Crippen molar-refractivity contribution in [2.75, 3.05) is 13.7 Å². The van der Waals surface area contributed by atoms with Crippen LogP contribution in [0, 0.1) is 0 Å². The summed E-state index contributed by atoms with van der Waals surface area (Å²) < 4.78 is 9.68. The molecule has 0 spiro atoms. The highest BCUT2D eigenvalue weighted by molar-refractivity contribution is 6.03. The minimum absolute atomic E-state index is 0.0559. The molecule has 1 N–H and O–H groups in total. The second-order valence-corrected chi connectivity index (χ2v) is 6.00. The van der Waals surface area contributed by atoms with Crippen molar-refractivity contribution in [3.63, 3.8) is 0 Å². The number of hydrogen-bond donors (Lipinski definition) is 1. The first kappa shape index (κ1) is 20.2. The van der Waals surface area contributed by atoms with Gasteiger partial charge in [0.25, 0.3) is 5.91 Å². The normalized spacial score (nSPS) is 11.4. The van der Waals surface area contributed by atoms with Crippen LogP contribution in [0.1, 0.15) is 51.7 Å². The van der Waals surface area contributed by atoms with Gasteiger partial charge in [0.15, 0.2) is 6.61 Å². The first-order chi connectivity index (χ1) is 13.0. The number of methoxy groups -OCH3 is 1. The molecule has 0 bridgehead atoms. The third-order valence-corrected chi connectivity index (χ3v) is 4.15. The summed E-state index contributed by atoms with van der Waals surface area (Å²) in [6.07, 6.45) is 0.948. The summed E-state index contributed by atoms with van der Waals surface area (Å²) in [4.78, 5) is 36.0. The lowest BCUT2D eigenvalue weighted by Gasteiger charge is -2.15. The summed E-state index contributed by atoms with van der Waals surface area (Å²) in [5.74, 6) is -1.83. The van der Waals surface area contributed by atoms with Gasteiger partial charge in [-0.05, 0) is 36.6 Å². The van der Waals surface area contributed by atoms with Gasteiger partial charge in [0, 0.05) is 0 Å². The van der Waals surface area contributed by atoms with Gasteiger partial charge in [-0.2, -0.15) is 0 Å². The lowest BCUT2D eigenvalue weighted by Crippen LogP contribution is -2.31. The number of nitrogens with one attached hydrogen (secondary N) is 1. The Morgan fingerprint density at radius 2 is 1.56 bits per heavy atom. The number of hydrogen-bond acceptors (Lipinski definition) is 5. The van der Waals surface area contributed by atoms with E-state index in [9.17, 15) is 14.4 Å². The second kappa shape index (κ2) is 9.52. The fourth-order valence-corrected chi connectivity index (χ4v) is 2.57. The zero-order valence-corrected chi connectivity index (χ0v) is 15.7. The van der Waals surface area contributed by atoms with Crippen LogP contribution < -0.4 is 5.32 Å². The molecule has 2 rings (SSSR count). The van der Waals surface area contributed by atoms with E-state index in [-0.39, 0.29) is 17.2 Å². The van der Waals surface area contributed by atoms with Crippen molar-refractivity contribution in [1.82, 2.24) is 5.32 Å². The van der Waals surface area contributed by atoms with Crippen LogP contribution in [0.15, 0.2) is 48.5 Å². The number of amides is 1. The van der Waals surface area contributed by atoms with Gasteiger partial charge in [0.1, 0.15) is 0 Å². The molecule has 0 heterocycles. The Balaban J connectivity index is 1.93. The third kappa shape index (κ3) is 5.41.